The van der Waals surface area contributed by atoms with Crippen molar-refractivity contribution >= 4 is 5.91 Å². The number of rotatable bonds is 6. The number of benzene rings is 1. The first-order valence-electron chi connectivity index (χ1n) is 7.78. The van der Waals surface area contributed by atoms with Crippen molar-refractivity contribution in [3.8, 4) is 5.69 Å². The third kappa shape index (κ3) is 3.54. The molecule has 0 radical (unpaired) electrons. The molecule has 0 aliphatic heterocycles. The second kappa shape index (κ2) is 6.32. The summed E-state index contributed by atoms with van der Waals surface area (Å²) in [4.78, 5) is 16.0. The van der Waals surface area contributed by atoms with Gasteiger partial charge in [-0.25, -0.2) is 4.98 Å². The summed E-state index contributed by atoms with van der Waals surface area (Å²) in [6.07, 6.45) is 7.69. The van der Waals surface area contributed by atoms with Crippen molar-refractivity contribution in [3.63, 3.8) is 0 Å². The molecule has 5 heteroatoms. The minimum Gasteiger partial charge on any atom is -0.352 e. The molecule has 0 unspecified atom stereocenters. The van der Waals surface area contributed by atoms with E-state index in [1.54, 1.807) is 12.5 Å². The lowest BCUT2D eigenvalue weighted by molar-refractivity contribution is -0.123. The summed E-state index contributed by atoms with van der Waals surface area (Å²) < 4.78 is 1.97. The lowest BCUT2D eigenvalue weighted by Gasteiger charge is -2.20. The lowest BCUT2D eigenvalue weighted by atomic mass is 10.1. The van der Waals surface area contributed by atoms with Crippen LogP contribution < -0.4 is 10.6 Å². The summed E-state index contributed by atoms with van der Waals surface area (Å²) in [5.74, 6) is 0.0874. The van der Waals surface area contributed by atoms with Crippen LogP contribution in [0.4, 0.5) is 0 Å². The molecule has 2 atom stereocenters. The highest BCUT2D eigenvalue weighted by Crippen LogP contribution is 2.19. The number of carbonyl (C=O) groups is 1. The fraction of sp³-hybridized carbons (Fsp3) is 0.412. The van der Waals surface area contributed by atoms with E-state index >= 15 is 0 Å². The standard InChI is InChI=1S/C17H22N4O/c1-12(19-13(2)17(22)20-15-5-6-15)14-3-7-16(8-4-14)21-10-9-18-11-21/h3-4,7-13,15,19H,5-6H2,1-2H3,(H,20,22)/t12-,13-/m0/s1. The molecule has 116 valence electrons. The Balaban J connectivity index is 1.59. The van der Waals surface area contributed by atoms with E-state index in [4.69, 9.17) is 0 Å². The van der Waals surface area contributed by atoms with Gasteiger partial charge in [0.1, 0.15) is 0 Å². The Bertz CT molecular complexity index is 617. The van der Waals surface area contributed by atoms with Gasteiger partial charge >= 0.3 is 0 Å². The maximum atomic E-state index is 12.0. The molecule has 0 spiro atoms. The Kier molecular flexibility index (Phi) is 4.24. The van der Waals surface area contributed by atoms with Gasteiger partial charge < -0.3 is 9.88 Å². The molecule has 3 rings (SSSR count). The number of nitrogens with zero attached hydrogens (tertiary/aromatic N) is 2. The summed E-state index contributed by atoms with van der Waals surface area (Å²) >= 11 is 0. The van der Waals surface area contributed by atoms with Crippen molar-refractivity contribution in [2.24, 2.45) is 0 Å². The zero-order valence-corrected chi connectivity index (χ0v) is 13.0. The Morgan fingerprint density at radius 3 is 2.59 bits per heavy atom. The number of hydrogen-bond donors (Lipinski definition) is 2. The van der Waals surface area contributed by atoms with Crippen molar-refractivity contribution in [2.45, 2.75) is 44.8 Å². The third-order valence-corrected chi connectivity index (χ3v) is 4.01. The van der Waals surface area contributed by atoms with Crippen LogP contribution in [0.5, 0.6) is 0 Å². The van der Waals surface area contributed by atoms with Gasteiger partial charge in [-0.3, -0.25) is 10.1 Å². The number of aromatic nitrogens is 2. The van der Waals surface area contributed by atoms with Gasteiger partial charge in [-0.2, -0.15) is 0 Å². The molecule has 1 aliphatic rings. The predicted molar refractivity (Wildman–Crippen MR) is 85.7 cm³/mol. The van der Waals surface area contributed by atoms with E-state index in [1.165, 1.54) is 0 Å². The minimum absolute atomic E-state index is 0.0874. The second-order valence-corrected chi connectivity index (χ2v) is 5.95. The topological polar surface area (TPSA) is 59.0 Å². The van der Waals surface area contributed by atoms with Crippen molar-refractivity contribution in [2.75, 3.05) is 0 Å². The number of hydrogen-bond acceptors (Lipinski definition) is 3. The molecule has 2 N–H and O–H groups in total. The van der Waals surface area contributed by atoms with Crippen molar-refractivity contribution in [3.05, 3.63) is 48.5 Å². The van der Waals surface area contributed by atoms with Crippen LogP contribution in [0.25, 0.3) is 5.69 Å². The fourth-order valence-electron chi connectivity index (χ4n) is 2.45. The zero-order chi connectivity index (χ0) is 15.5. The first kappa shape index (κ1) is 14.8. The maximum absolute atomic E-state index is 12.0. The predicted octanol–water partition coefficient (Wildman–Crippen LogP) is 2.19. The van der Waals surface area contributed by atoms with Gasteiger partial charge in [0, 0.05) is 30.2 Å². The first-order valence-corrected chi connectivity index (χ1v) is 7.78. The van der Waals surface area contributed by atoms with E-state index in [-0.39, 0.29) is 18.0 Å². The van der Waals surface area contributed by atoms with Crippen LogP contribution >= 0.6 is 0 Å². The van der Waals surface area contributed by atoms with Gasteiger partial charge in [0.15, 0.2) is 0 Å². The quantitative estimate of drug-likeness (QED) is 0.859. The van der Waals surface area contributed by atoms with Crippen molar-refractivity contribution in [1.29, 1.82) is 0 Å². The Hall–Kier alpha value is -2.14. The summed E-state index contributed by atoms with van der Waals surface area (Å²) in [7, 11) is 0. The normalized spacial score (nSPS) is 17.0. The highest BCUT2D eigenvalue weighted by atomic mass is 16.2. The highest BCUT2D eigenvalue weighted by Gasteiger charge is 2.26. The monoisotopic (exact) mass is 298 g/mol. The van der Waals surface area contributed by atoms with Gasteiger partial charge in [-0.1, -0.05) is 12.1 Å². The van der Waals surface area contributed by atoms with Gasteiger partial charge in [0.05, 0.1) is 12.4 Å². The van der Waals surface area contributed by atoms with Crippen molar-refractivity contribution < 1.29 is 4.79 Å². The van der Waals surface area contributed by atoms with Crippen LogP contribution in [0.15, 0.2) is 43.0 Å². The van der Waals surface area contributed by atoms with E-state index in [0.717, 1.165) is 24.1 Å². The van der Waals surface area contributed by atoms with Crippen LogP contribution in [0.2, 0.25) is 0 Å². The molecule has 0 saturated heterocycles. The summed E-state index contributed by atoms with van der Waals surface area (Å²) in [6, 6.07) is 8.62. The van der Waals surface area contributed by atoms with Crippen LogP contribution in [0.3, 0.4) is 0 Å². The van der Waals surface area contributed by atoms with E-state index < -0.39 is 0 Å². The maximum Gasteiger partial charge on any atom is 0.237 e. The average Bonchev–Trinajstić information content (AvgIpc) is 3.17. The number of amides is 1. The van der Waals surface area contributed by atoms with Gasteiger partial charge in [-0.05, 0) is 44.4 Å². The molecule has 1 fully saturated rings. The molecule has 22 heavy (non-hydrogen) atoms. The van der Waals surface area contributed by atoms with Gasteiger partial charge in [0.25, 0.3) is 0 Å². The second-order valence-electron chi connectivity index (χ2n) is 5.95. The Morgan fingerprint density at radius 1 is 1.27 bits per heavy atom. The first-order chi connectivity index (χ1) is 10.6. The lowest BCUT2D eigenvalue weighted by Crippen LogP contribution is -2.43. The molecule has 1 aromatic carbocycles. The average molecular weight is 298 g/mol. The largest absolute Gasteiger partial charge is 0.352 e. The third-order valence-electron chi connectivity index (χ3n) is 4.01. The molecule has 1 aromatic heterocycles. The molecular formula is C17H22N4O. The van der Waals surface area contributed by atoms with Crippen LogP contribution in [0.1, 0.15) is 38.3 Å². The van der Waals surface area contributed by atoms with Gasteiger partial charge in [-0.15, -0.1) is 0 Å². The summed E-state index contributed by atoms with van der Waals surface area (Å²) in [5, 5.41) is 6.38. The van der Waals surface area contributed by atoms with Crippen LogP contribution in [-0.2, 0) is 4.79 Å². The molecule has 0 bridgehead atoms. The SMILES string of the molecule is C[C@H](N[C@@H](C)c1ccc(-n2ccnc2)cc1)C(=O)NC1CC1. The van der Waals surface area contributed by atoms with Crippen molar-refractivity contribution in [1.82, 2.24) is 20.2 Å². The molecule has 5 nitrogen and oxygen atoms in total. The molecule has 1 aliphatic carbocycles. The minimum atomic E-state index is -0.191. The molecule has 1 heterocycles. The van der Waals surface area contributed by atoms with Crippen LogP contribution in [-0.4, -0.2) is 27.5 Å². The number of imidazole rings is 1. The molecule has 1 amide bonds. The zero-order valence-electron chi connectivity index (χ0n) is 13.0. The Labute approximate surface area is 130 Å². The molecule has 2 aromatic rings. The van der Waals surface area contributed by atoms with Crippen LogP contribution in [0, 0.1) is 0 Å². The van der Waals surface area contributed by atoms with E-state index in [9.17, 15) is 4.79 Å². The van der Waals surface area contributed by atoms with E-state index in [2.05, 4.69) is 46.8 Å². The van der Waals surface area contributed by atoms with E-state index in [0.29, 0.717) is 6.04 Å². The highest BCUT2D eigenvalue weighted by molar-refractivity contribution is 5.81. The Morgan fingerprint density at radius 2 is 2.00 bits per heavy atom. The smallest absolute Gasteiger partial charge is 0.237 e. The summed E-state index contributed by atoms with van der Waals surface area (Å²) in [6.45, 7) is 3.99. The fourth-order valence-corrected chi connectivity index (χ4v) is 2.45. The molecule has 1 saturated carbocycles. The van der Waals surface area contributed by atoms with Gasteiger partial charge in [0.2, 0.25) is 5.91 Å². The van der Waals surface area contributed by atoms with E-state index in [1.807, 2.05) is 17.7 Å². The summed E-state index contributed by atoms with van der Waals surface area (Å²) in [5.41, 5.74) is 2.24. The molecular weight excluding hydrogens is 276 g/mol. The number of carbonyl (C=O) groups excluding carboxylic acids is 1. The number of nitrogens with one attached hydrogen (secondary N) is 2.